The minimum atomic E-state index is 0.422. The van der Waals surface area contributed by atoms with E-state index in [0.717, 1.165) is 6.42 Å². The summed E-state index contributed by atoms with van der Waals surface area (Å²) in [6.07, 6.45) is 10.6. The first-order chi connectivity index (χ1) is 10.0. The van der Waals surface area contributed by atoms with Crippen LogP contribution >= 0.6 is 0 Å². The van der Waals surface area contributed by atoms with Crippen molar-refractivity contribution in [3.8, 4) is 0 Å². The molecule has 118 valence electrons. The van der Waals surface area contributed by atoms with Gasteiger partial charge in [0.05, 0.1) is 6.04 Å². The maximum atomic E-state index is 4.71. The Morgan fingerprint density at radius 1 is 1.10 bits per heavy atom. The molecule has 0 fully saturated rings. The van der Waals surface area contributed by atoms with E-state index in [0.29, 0.717) is 23.9 Å². The van der Waals surface area contributed by atoms with Gasteiger partial charge in [0.1, 0.15) is 0 Å². The fraction of sp³-hybridized carbons (Fsp3) is 0.737. The highest BCUT2D eigenvalue weighted by Crippen LogP contribution is 2.33. The van der Waals surface area contributed by atoms with Gasteiger partial charge in [-0.15, -0.1) is 0 Å². The molecule has 1 N–H and O–H groups in total. The minimum Gasteiger partial charge on any atom is -0.380 e. The average molecular weight is 288 g/mol. The van der Waals surface area contributed by atoms with Crippen molar-refractivity contribution < 1.29 is 0 Å². The van der Waals surface area contributed by atoms with Crippen LogP contribution in [-0.4, -0.2) is 18.3 Å². The van der Waals surface area contributed by atoms with E-state index in [4.69, 9.17) is 4.99 Å². The van der Waals surface area contributed by atoms with Gasteiger partial charge in [0.15, 0.2) is 0 Å². The zero-order valence-electron chi connectivity index (χ0n) is 14.4. The van der Waals surface area contributed by atoms with Crippen LogP contribution in [-0.2, 0) is 0 Å². The molecule has 1 heterocycles. The topological polar surface area (TPSA) is 24.4 Å². The van der Waals surface area contributed by atoms with E-state index in [1.807, 2.05) is 0 Å². The highest BCUT2D eigenvalue weighted by Gasteiger charge is 2.24. The van der Waals surface area contributed by atoms with Gasteiger partial charge >= 0.3 is 0 Å². The maximum Gasteiger partial charge on any atom is 0.0694 e. The van der Waals surface area contributed by atoms with Crippen molar-refractivity contribution in [3.63, 3.8) is 0 Å². The lowest BCUT2D eigenvalue weighted by molar-refractivity contribution is 0.445. The summed E-state index contributed by atoms with van der Waals surface area (Å²) in [6.45, 7) is 11.6. The first-order valence-corrected chi connectivity index (χ1v) is 8.72. The molecule has 1 aliphatic heterocycles. The van der Waals surface area contributed by atoms with Gasteiger partial charge in [0, 0.05) is 11.7 Å². The van der Waals surface area contributed by atoms with Gasteiger partial charge in [0.2, 0.25) is 0 Å². The second-order valence-electron chi connectivity index (χ2n) is 7.17. The normalized spacial score (nSPS) is 24.5. The van der Waals surface area contributed by atoms with E-state index < -0.39 is 0 Å². The van der Waals surface area contributed by atoms with Crippen LogP contribution in [0.5, 0.6) is 0 Å². The van der Waals surface area contributed by atoms with E-state index in [9.17, 15) is 0 Å². The van der Waals surface area contributed by atoms with Crippen LogP contribution in [0.25, 0.3) is 0 Å². The summed E-state index contributed by atoms with van der Waals surface area (Å²) in [7, 11) is 0. The zero-order chi connectivity index (χ0) is 15.4. The van der Waals surface area contributed by atoms with Crippen LogP contribution in [0.2, 0.25) is 0 Å². The number of hydrogen-bond donors (Lipinski definition) is 1. The summed E-state index contributed by atoms with van der Waals surface area (Å²) in [6, 6.07) is 0.862. The van der Waals surface area contributed by atoms with Gasteiger partial charge in [-0.05, 0) is 68.2 Å². The molecule has 2 aliphatic rings. The number of aliphatic imine (C=N–C) groups is 1. The number of hydrogen-bond acceptors (Lipinski definition) is 2. The van der Waals surface area contributed by atoms with E-state index in [-0.39, 0.29) is 0 Å². The Hall–Kier alpha value is -1.05. The maximum absolute atomic E-state index is 4.71. The molecule has 0 aromatic carbocycles. The highest BCUT2D eigenvalue weighted by molar-refractivity contribution is 5.58. The Balaban J connectivity index is 2.20. The summed E-state index contributed by atoms with van der Waals surface area (Å²) in [5.41, 5.74) is 4.55. The standard InChI is InChI=1S/C19H32N2/c1-13(2)16-9-8-10-17(14(3)4)19(16)21-15(5)18-11-6-7-12-20-18/h9,12-15,18,21H,6-8,10-11H2,1-5H3. The first-order valence-electron chi connectivity index (χ1n) is 8.72. The number of nitrogens with zero attached hydrogens (tertiary/aromatic N) is 1. The SMILES string of the molecule is CC(C)C1=CCCC(C(C)C)=C1NC(C)C1CCCC=N1. The minimum absolute atomic E-state index is 0.422. The van der Waals surface area contributed by atoms with Gasteiger partial charge in [-0.25, -0.2) is 0 Å². The summed E-state index contributed by atoms with van der Waals surface area (Å²) < 4.78 is 0. The van der Waals surface area contributed by atoms with Crippen molar-refractivity contribution in [2.24, 2.45) is 16.8 Å². The van der Waals surface area contributed by atoms with Crippen LogP contribution in [0.4, 0.5) is 0 Å². The lowest BCUT2D eigenvalue weighted by Crippen LogP contribution is -2.39. The van der Waals surface area contributed by atoms with Crippen molar-refractivity contribution >= 4 is 6.21 Å². The second kappa shape index (κ2) is 7.29. The van der Waals surface area contributed by atoms with E-state index in [2.05, 4.69) is 52.2 Å². The predicted molar refractivity (Wildman–Crippen MR) is 92.7 cm³/mol. The van der Waals surface area contributed by atoms with Crippen LogP contribution in [0.15, 0.2) is 27.9 Å². The fourth-order valence-corrected chi connectivity index (χ4v) is 3.48. The third kappa shape index (κ3) is 3.99. The third-order valence-corrected chi connectivity index (χ3v) is 4.79. The van der Waals surface area contributed by atoms with Crippen LogP contribution in [0.1, 0.15) is 66.7 Å². The molecule has 0 saturated heterocycles. The van der Waals surface area contributed by atoms with Gasteiger partial charge in [0.25, 0.3) is 0 Å². The average Bonchev–Trinajstić information content (AvgIpc) is 2.47. The largest absolute Gasteiger partial charge is 0.380 e. The van der Waals surface area contributed by atoms with Crippen molar-refractivity contribution in [3.05, 3.63) is 22.9 Å². The zero-order valence-corrected chi connectivity index (χ0v) is 14.4. The van der Waals surface area contributed by atoms with E-state index >= 15 is 0 Å². The smallest absolute Gasteiger partial charge is 0.0694 e. The summed E-state index contributed by atoms with van der Waals surface area (Å²) >= 11 is 0. The third-order valence-electron chi connectivity index (χ3n) is 4.79. The molecule has 0 spiro atoms. The number of rotatable bonds is 5. The molecule has 2 heteroatoms. The molecule has 2 atom stereocenters. The van der Waals surface area contributed by atoms with Gasteiger partial charge in [-0.1, -0.05) is 33.8 Å². The fourth-order valence-electron chi connectivity index (χ4n) is 3.48. The molecule has 0 aromatic rings. The quantitative estimate of drug-likeness (QED) is 0.766. The predicted octanol–water partition coefficient (Wildman–Crippen LogP) is 4.87. The molecule has 0 amide bonds. The van der Waals surface area contributed by atoms with Crippen LogP contribution in [0.3, 0.4) is 0 Å². The lowest BCUT2D eigenvalue weighted by Gasteiger charge is -2.32. The molecule has 1 aliphatic carbocycles. The van der Waals surface area contributed by atoms with Crippen LogP contribution < -0.4 is 5.32 Å². The van der Waals surface area contributed by atoms with E-state index in [1.165, 1.54) is 37.0 Å². The van der Waals surface area contributed by atoms with Gasteiger partial charge < -0.3 is 5.32 Å². The molecule has 0 bridgehead atoms. The lowest BCUT2D eigenvalue weighted by atomic mass is 9.84. The summed E-state index contributed by atoms with van der Waals surface area (Å²) in [5, 5.41) is 3.85. The Labute approximate surface area is 130 Å². The second-order valence-corrected chi connectivity index (χ2v) is 7.17. The van der Waals surface area contributed by atoms with Crippen molar-refractivity contribution in [2.45, 2.75) is 78.8 Å². The van der Waals surface area contributed by atoms with Gasteiger partial charge in [-0.2, -0.15) is 0 Å². The van der Waals surface area contributed by atoms with Crippen molar-refractivity contribution in [2.75, 3.05) is 0 Å². The van der Waals surface area contributed by atoms with Crippen molar-refractivity contribution in [1.82, 2.24) is 5.32 Å². The highest BCUT2D eigenvalue weighted by atomic mass is 15.0. The number of nitrogens with one attached hydrogen (secondary N) is 1. The molecule has 21 heavy (non-hydrogen) atoms. The van der Waals surface area contributed by atoms with Gasteiger partial charge in [-0.3, -0.25) is 4.99 Å². The molecular formula is C19H32N2. The van der Waals surface area contributed by atoms with E-state index in [1.54, 1.807) is 5.57 Å². The Bertz CT molecular complexity index is 440. The molecule has 2 nitrogen and oxygen atoms in total. The monoisotopic (exact) mass is 288 g/mol. The summed E-state index contributed by atoms with van der Waals surface area (Å²) in [5.74, 6) is 1.21. The molecule has 2 rings (SSSR count). The Morgan fingerprint density at radius 2 is 1.86 bits per heavy atom. The Morgan fingerprint density at radius 3 is 2.43 bits per heavy atom. The van der Waals surface area contributed by atoms with Crippen LogP contribution in [0, 0.1) is 11.8 Å². The number of allylic oxidation sites excluding steroid dienone is 3. The molecule has 0 saturated carbocycles. The molecular weight excluding hydrogens is 256 g/mol. The van der Waals surface area contributed by atoms with Crippen molar-refractivity contribution in [1.29, 1.82) is 0 Å². The molecule has 2 unspecified atom stereocenters. The molecule has 0 radical (unpaired) electrons. The first kappa shape index (κ1) is 16.3. The molecule has 0 aromatic heterocycles. The Kier molecular flexibility index (Phi) is 5.66. The summed E-state index contributed by atoms with van der Waals surface area (Å²) in [4.78, 5) is 4.71.